The van der Waals surface area contributed by atoms with E-state index in [-0.39, 0.29) is 28.4 Å². The molecule has 28 heavy (non-hydrogen) atoms. The SMILES string of the molecule is Cc1cc(C(F)(F)F)c(C#N)c(SCC(=O)N(Cc2ccccc2)C(C)C)n1. The van der Waals surface area contributed by atoms with Crippen LogP contribution in [0.1, 0.15) is 36.2 Å². The van der Waals surface area contributed by atoms with Crippen molar-refractivity contribution in [1.29, 1.82) is 5.26 Å². The van der Waals surface area contributed by atoms with Crippen LogP contribution in [0.3, 0.4) is 0 Å². The van der Waals surface area contributed by atoms with Gasteiger partial charge in [0.05, 0.1) is 16.9 Å². The second-order valence-electron chi connectivity index (χ2n) is 6.49. The summed E-state index contributed by atoms with van der Waals surface area (Å²) < 4.78 is 39.6. The van der Waals surface area contributed by atoms with E-state index in [0.717, 1.165) is 23.4 Å². The molecule has 2 aromatic rings. The van der Waals surface area contributed by atoms with E-state index in [1.54, 1.807) is 11.0 Å². The number of halogens is 3. The molecule has 0 spiro atoms. The Labute approximate surface area is 166 Å². The highest BCUT2D eigenvalue weighted by atomic mass is 32.2. The van der Waals surface area contributed by atoms with E-state index in [2.05, 4.69) is 4.98 Å². The molecule has 0 atom stereocenters. The summed E-state index contributed by atoms with van der Waals surface area (Å²) in [7, 11) is 0. The number of pyridine rings is 1. The van der Waals surface area contributed by atoms with E-state index >= 15 is 0 Å². The van der Waals surface area contributed by atoms with E-state index in [1.807, 2.05) is 44.2 Å². The van der Waals surface area contributed by atoms with Gasteiger partial charge in [-0.2, -0.15) is 18.4 Å². The Balaban J connectivity index is 2.21. The van der Waals surface area contributed by atoms with Gasteiger partial charge in [0, 0.05) is 18.3 Å². The zero-order chi connectivity index (χ0) is 20.9. The molecular weight excluding hydrogens is 387 g/mol. The van der Waals surface area contributed by atoms with Gasteiger partial charge >= 0.3 is 6.18 Å². The molecule has 1 aromatic heterocycles. The van der Waals surface area contributed by atoms with E-state index in [4.69, 9.17) is 0 Å². The summed E-state index contributed by atoms with van der Waals surface area (Å²) in [5.41, 5.74) is -0.468. The lowest BCUT2D eigenvalue weighted by atomic mass is 10.1. The Morgan fingerprint density at radius 3 is 2.46 bits per heavy atom. The number of rotatable bonds is 6. The maximum atomic E-state index is 13.2. The minimum atomic E-state index is -4.66. The van der Waals surface area contributed by atoms with Gasteiger partial charge in [0.2, 0.25) is 5.91 Å². The van der Waals surface area contributed by atoms with Gasteiger partial charge in [-0.25, -0.2) is 4.98 Å². The third kappa shape index (κ3) is 5.49. The van der Waals surface area contributed by atoms with E-state index in [0.29, 0.717) is 6.54 Å². The number of hydrogen-bond acceptors (Lipinski definition) is 4. The van der Waals surface area contributed by atoms with Crippen molar-refractivity contribution in [3.8, 4) is 6.07 Å². The second-order valence-corrected chi connectivity index (χ2v) is 7.45. The molecule has 0 saturated heterocycles. The molecule has 0 N–H and O–H groups in total. The summed E-state index contributed by atoms with van der Waals surface area (Å²) in [6, 6.07) is 11.8. The number of hydrogen-bond donors (Lipinski definition) is 0. The topological polar surface area (TPSA) is 57.0 Å². The molecule has 148 valence electrons. The number of amides is 1. The van der Waals surface area contributed by atoms with Crippen molar-refractivity contribution in [1.82, 2.24) is 9.88 Å². The Hall–Kier alpha value is -2.53. The molecule has 0 saturated carbocycles. The Morgan fingerprint density at radius 1 is 1.29 bits per heavy atom. The third-order valence-corrected chi connectivity index (χ3v) is 4.96. The number of carbonyl (C=O) groups excluding carboxylic acids is 1. The van der Waals surface area contributed by atoms with Gasteiger partial charge in [-0.1, -0.05) is 42.1 Å². The Kier molecular flexibility index (Phi) is 7.08. The van der Waals surface area contributed by atoms with Crippen molar-refractivity contribution in [2.45, 2.75) is 44.6 Å². The van der Waals surface area contributed by atoms with Crippen molar-refractivity contribution in [2.24, 2.45) is 0 Å². The smallest absolute Gasteiger partial charge is 0.335 e. The van der Waals surface area contributed by atoms with Gasteiger partial charge in [-0.15, -0.1) is 0 Å². The maximum absolute atomic E-state index is 13.2. The number of aromatic nitrogens is 1. The van der Waals surface area contributed by atoms with Crippen LogP contribution < -0.4 is 0 Å². The maximum Gasteiger partial charge on any atom is 0.417 e. The van der Waals surface area contributed by atoms with Gasteiger partial charge < -0.3 is 4.90 Å². The van der Waals surface area contributed by atoms with Crippen LogP contribution in [0, 0.1) is 18.3 Å². The predicted octanol–water partition coefficient (Wildman–Crippen LogP) is 4.81. The fraction of sp³-hybridized carbons (Fsp3) is 0.350. The highest BCUT2D eigenvalue weighted by molar-refractivity contribution is 8.00. The quantitative estimate of drug-likeness (QED) is 0.645. The zero-order valence-corrected chi connectivity index (χ0v) is 16.6. The highest BCUT2D eigenvalue weighted by Gasteiger charge is 2.35. The zero-order valence-electron chi connectivity index (χ0n) is 15.7. The van der Waals surface area contributed by atoms with E-state index in [9.17, 15) is 23.2 Å². The number of alkyl halides is 3. The van der Waals surface area contributed by atoms with Crippen molar-refractivity contribution in [3.05, 3.63) is 58.8 Å². The molecule has 0 aliphatic carbocycles. The van der Waals surface area contributed by atoms with Crippen LogP contribution in [0.15, 0.2) is 41.4 Å². The van der Waals surface area contributed by atoms with Crippen molar-refractivity contribution in [2.75, 3.05) is 5.75 Å². The summed E-state index contributed by atoms with van der Waals surface area (Å²) in [4.78, 5) is 18.4. The molecule has 0 unspecified atom stereocenters. The molecule has 4 nitrogen and oxygen atoms in total. The number of carbonyl (C=O) groups is 1. The summed E-state index contributed by atoms with van der Waals surface area (Å²) >= 11 is 0.856. The first-order valence-electron chi connectivity index (χ1n) is 8.58. The summed E-state index contributed by atoms with van der Waals surface area (Å²) in [5.74, 6) is -0.336. The molecule has 8 heteroatoms. The van der Waals surface area contributed by atoms with E-state index < -0.39 is 17.3 Å². The Morgan fingerprint density at radius 2 is 1.93 bits per heavy atom. The van der Waals surface area contributed by atoms with Crippen LogP contribution in [-0.4, -0.2) is 27.6 Å². The number of nitrogens with zero attached hydrogens (tertiary/aromatic N) is 3. The lowest BCUT2D eigenvalue weighted by molar-refractivity contribution is -0.138. The average Bonchev–Trinajstić information content (AvgIpc) is 2.63. The fourth-order valence-corrected chi connectivity index (χ4v) is 3.57. The second kappa shape index (κ2) is 9.11. The minimum Gasteiger partial charge on any atom is -0.335 e. The van der Waals surface area contributed by atoms with Crippen LogP contribution in [0.5, 0.6) is 0 Å². The van der Waals surface area contributed by atoms with Gasteiger partial charge in [0.1, 0.15) is 11.1 Å². The number of thioether (sulfide) groups is 1. The lowest BCUT2D eigenvalue weighted by Crippen LogP contribution is -2.37. The lowest BCUT2D eigenvalue weighted by Gasteiger charge is -2.27. The molecule has 0 aliphatic rings. The van der Waals surface area contributed by atoms with E-state index in [1.165, 1.54) is 6.92 Å². The number of aryl methyl sites for hydroxylation is 1. The van der Waals surface area contributed by atoms with Crippen molar-refractivity contribution in [3.63, 3.8) is 0 Å². The van der Waals surface area contributed by atoms with Gasteiger partial charge in [-0.3, -0.25) is 4.79 Å². The fourth-order valence-electron chi connectivity index (χ4n) is 2.63. The van der Waals surface area contributed by atoms with Crippen LogP contribution in [0.4, 0.5) is 13.2 Å². The standard InChI is InChI=1S/C20H20F3N3OS/c1-13(2)26(11-15-7-5-4-6-8-15)18(27)12-28-19-16(10-24)17(20(21,22)23)9-14(3)25-19/h4-9,13H,11-12H2,1-3H3. The van der Waals surface area contributed by atoms with Crippen LogP contribution in [0.25, 0.3) is 0 Å². The van der Waals surface area contributed by atoms with Crippen LogP contribution in [0.2, 0.25) is 0 Å². The van der Waals surface area contributed by atoms with Gasteiger partial charge in [-0.05, 0) is 32.4 Å². The largest absolute Gasteiger partial charge is 0.417 e. The first kappa shape index (κ1) is 21.8. The van der Waals surface area contributed by atoms with Crippen molar-refractivity contribution < 1.29 is 18.0 Å². The van der Waals surface area contributed by atoms with Gasteiger partial charge in [0.25, 0.3) is 0 Å². The molecule has 1 amide bonds. The van der Waals surface area contributed by atoms with Crippen LogP contribution >= 0.6 is 11.8 Å². The highest BCUT2D eigenvalue weighted by Crippen LogP contribution is 2.35. The molecule has 0 aliphatic heterocycles. The third-order valence-electron chi connectivity index (χ3n) is 4.00. The average molecular weight is 407 g/mol. The molecule has 0 bridgehead atoms. The minimum absolute atomic E-state index is 0.0772. The normalized spacial score (nSPS) is 11.4. The summed E-state index contributed by atoms with van der Waals surface area (Å²) in [5, 5.41) is 9.14. The molecule has 1 aromatic carbocycles. The van der Waals surface area contributed by atoms with Crippen LogP contribution in [-0.2, 0) is 17.5 Å². The van der Waals surface area contributed by atoms with Gasteiger partial charge in [0.15, 0.2) is 0 Å². The predicted molar refractivity (Wildman–Crippen MR) is 102 cm³/mol. The molecule has 2 rings (SSSR count). The number of benzene rings is 1. The first-order valence-corrected chi connectivity index (χ1v) is 9.57. The molecule has 1 heterocycles. The summed E-state index contributed by atoms with van der Waals surface area (Å²) in [6.45, 7) is 5.58. The molecule has 0 fully saturated rings. The monoisotopic (exact) mass is 407 g/mol. The Bertz CT molecular complexity index is 877. The van der Waals surface area contributed by atoms with Crippen molar-refractivity contribution >= 4 is 17.7 Å². The molecule has 0 radical (unpaired) electrons. The summed E-state index contributed by atoms with van der Waals surface area (Å²) in [6.07, 6.45) is -4.66. The first-order chi connectivity index (χ1) is 13.1. The molecular formula is C20H20F3N3OS. The number of nitriles is 1.